The molecule has 3 nitrogen and oxygen atoms in total. The van der Waals surface area contributed by atoms with Gasteiger partial charge >= 0.3 is 0 Å². The van der Waals surface area contributed by atoms with Gasteiger partial charge in [-0.2, -0.15) is 0 Å². The molecule has 0 spiro atoms. The Morgan fingerprint density at radius 3 is 2.48 bits per heavy atom. The van der Waals surface area contributed by atoms with Gasteiger partial charge in [0, 0.05) is 13.0 Å². The molecule has 0 heterocycles. The molecule has 0 aliphatic heterocycles. The van der Waals surface area contributed by atoms with E-state index in [1.807, 2.05) is 25.1 Å². The van der Waals surface area contributed by atoms with Crippen LogP contribution in [0.5, 0.6) is 5.75 Å². The van der Waals surface area contributed by atoms with Crippen LogP contribution in [0.1, 0.15) is 50.0 Å². The summed E-state index contributed by atoms with van der Waals surface area (Å²) in [5.41, 5.74) is 1.82. The van der Waals surface area contributed by atoms with E-state index in [4.69, 9.17) is 4.74 Å². The minimum Gasteiger partial charge on any atom is -0.493 e. The number of carbonyl (C=O) groups is 1. The van der Waals surface area contributed by atoms with Crippen molar-refractivity contribution in [1.82, 2.24) is 4.90 Å². The maximum Gasteiger partial charge on any atom is 0.167 e. The molecule has 0 aliphatic carbocycles. The maximum atomic E-state index is 12.5. The van der Waals surface area contributed by atoms with Crippen molar-refractivity contribution in [3.8, 4) is 5.75 Å². The van der Waals surface area contributed by atoms with Gasteiger partial charge in [0.25, 0.3) is 0 Å². The lowest BCUT2D eigenvalue weighted by molar-refractivity contribution is 0.0961. The highest BCUT2D eigenvalue weighted by atomic mass is 16.5. The van der Waals surface area contributed by atoms with Gasteiger partial charge in [0.1, 0.15) is 5.75 Å². The molecular formula is C18H29NO2. The number of carbonyl (C=O) groups excluding carboxylic acids is 1. The third-order valence-corrected chi connectivity index (χ3v) is 3.56. The highest BCUT2D eigenvalue weighted by molar-refractivity contribution is 5.99. The van der Waals surface area contributed by atoms with Crippen molar-refractivity contribution < 1.29 is 9.53 Å². The van der Waals surface area contributed by atoms with E-state index in [1.54, 1.807) is 0 Å². The SMILES string of the molecule is CCN(CC)CCC(=O)c1cc(C)ccc1OCC(C)C. The molecule has 3 heteroatoms. The number of ether oxygens (including phenoxy) is 1. The molecule has 0 saturated carbocycles. The Morgan fingerprint density at radius 2 is 1.90 bits per heavy atom. The van der Waals surface area contributed by atoms with E-state index in [9.17, 15) is 4.79 Å². The summed E-state index contributed by atoms with van der Waals surface area (Å²) in [6.45, 7) is 13.9. The van der Waals surface area contributed by atoms with E-state index in [0.29, 0.717) is 18.9 Å². The van der Waals surface area contributed by atoms with E-state index in [2.05, 4.69) is 32.6 Å². The Kier molecular flexibility index (Phi) is 7.44. The molecule has 0 bridgehead atoms. The standard InChI is InChI=1S/C18H29NO2/c1-6-19(7-2)11-10-17(20)16-12-15(5)8-9-18(16)21-13-14(3)4/h8-9,12,14H,6-7,10-11,13H2,1-5H3. The van der Waals surface area contributed by atoms with Crippen LogP contribution in [0.4, 0.5) is 0 Å². The van der Waals surface area contributed by atoms with Crippen LogP contribution >= 0.6 is 0 Å². The van der Waals surface area contributed by atoms with Gasteiger partial charge in [-0.1, -0.05) is 39.3 Å². The maximum absolute atomic E-state index is 12.5. The summed E-state index contributed by atoms with van der Waals surface area (Å²) in [6, 6.07) is 5.86. The van der Waals surface area contributed by atoms with E-state index < -0.39 is 0 Å². The van der Waals surface area contributed by atoms with Crippen molar-refractivity contribution in [3.05, 3.63) is 29.3 Å². The van der Waals surface area contributed by atoms with Crippen LogP contribution in [0.2, 0.25) is 0 Å². The topological polar surface area (TPSA) is 29.5 Å². The molecule has 0 N–H and O–H groups in total. The molecule has 0 unspecified atom stereocenters. The van der Waals surface area contributed by atoms with Crippen LogP contribution in [0.3, 0.4) is 0 Å². The molecule has 1 aromatic rings. The molecule has 21 heavy (non-hydrogen) atoms. The Bertz CT molecular complexity index is 451. The smallest absolute Gasteiger partial charge is 0.167 e. The first-order chi connectivity index (χ1) is 9.97. The lowest BCUT2D eigenvalue weighted by atomic mass is 10.0. The van der Waals surface area contributed by atoms with Crippen LogP contribution < -0.4 is 4.74 Å². The molecule has 0 radical (unpaired) electrons. The number of ketones is 1. The van der Waals surface area contributed by atoms with Crippen molar-refractivity contribution in [1.29, 1.82) is 0 Å². The molecular weight excluding hydrogens is 262 g/mol. The molecule has 0 aromatic heterocycles. The van der Waals surface area contributed by atoms with Crippen molar-refractivity contribution in [3.63, 3.8) is 0 Å². The number of benzene rings is 1. The van der Waals surface area contributed by atoms with Crippen molar-refractivity contribution in [2.24, 2.45) is 5.92 Å². The highest BCUT2D eigenvalue weighted by Gasteiger charge is 2.14. The monoisotopic (exact) mass is 291 g/mol. The molecule has 0 fully saturated rings. The van der Waals surface area contributed by atoms with Crippen LogP contribution in [-0.4, -0.2) is 36.9 Å². The number of hydrogen-bond donors (Lipinski definition) is 0. The number of aryl methyl sites for hydroxylation is 1. The summed E-state index contributed by atoms with van der Waals surface area (Å²) < 4.78 is 5.80. The average Bonchev–Trinajstić information content (AvgIpc) is 2.46. The first kappa shape index (κ1) is 17.7. The van der Waals surface area contributed by atoms with Crippen LogP contribution in [0.25, 0.3) is 0 Å². The van der Waals surface area contributed by atoms with Gasteiger partial charge < -0.3 is 9.64 Å². The van der Waals surface area contributed by atoms with Gasteiger partial charge in [0.15, 0.2) is 5.78 Å². The minimum atomic E-state index is 0.171. The number of nitrogens with zero attached hydrogens (tertiary/aromatic N) is 1. The van der Waals surface area contributed by atoms with Crippen molar-refractivity contribution in [2.45, 2.75) is 41.0 Å². The molecule has 0 aliphatic rings. The Balaban J connectivity index is 2.78. The Morgan fingerprint density at radius 1 is 1.24 bits per heavy atom. The van der Waals surface area contributed by atoms with Crippen molar-refractivity contribution in [2.75, 3.05) is 26.2 Å². The van der Waals surface area contributed by atoms with Gasteiger partial charge in [-0.3, -0.25) is 4.79 Å². The number of Topliss-reactive ketones (excluding diaryl/α,β-unsaturated/α-hetero) is 1. The van der Waals surface area contributed by atoms with Crippen LogP contribution in [0, 0.1) is 12.8 Å². The lowest BCUT2D eigenvalue weighted by Gasteiger charge is -2.18. The van der Waals surface area contributed by atoms with E-state index in [0.717, 1.165) is 36.5 Å². The lowest BCUT2D eigenvalue weighted by Crippen LogP contribution is -2.26. The molecule has 1 aromatic carbocycles. The summed E-state index contributed by atoms with van der Waals surface area (Å²) in [5, 5.41) is 0. The minimum absolute atomic E-state index is 0.171. The number of rotatable bonds is 9. The van der Waals surface area contributed by atoms with Crippen LogP contribution in [0.15, 0.2) is 18.2 Å². The predicted octanol–water partition coefficient (Wildman–Crippen LogP) is 3.94. The van der Waals surface area contributed by atoms with Gasteiger partial charge in [-0.15, -0.1) is 0 Å². The second-order valence-electron chi connectivity index (χ2n) is 5.90. The zero-order chi connectivity index (χ0) is 15.8. The highest BCUT2D eigenvalue weighted by Crippen LogP contribution is 2.22. The average molecular weight is 291 g/mol. The van der Waals surface area contributed by atoms with Gasteiger partial charge in [0.2, 0.25) is 0 Å². The fraction of sp³-hybridized carbons (Fsp3) is 0.611. The van der Waals surface area contributed by atoms with E-state index >= 15 is 0 Å². The first-order valence-electron chi connectivity index (χ1n) is 7.96. The number of hydrogen-bond acceptors (Lipinski definition) is 3. The van der Waals surface area contributed by atoms with Gasteiger partial charge in [0.05, 0.1) is 12.2 Å². The van der Waals surface area contributed by atoms with Gasteiger partial charge in [-0.25, -0.2) is 0 Å². The molecule has 118 valence electrons. The summed E-state index contributed by atoms with van der Waals surface area (Å²) in [7, 11) is 0. The van der Waals surface area contributed by atoms with Crippen LogP contribution in [-0.2, 0) is 0 Å². The molecule has 1 rings (SSSR count). The first-order valence-corrected chi connectivity index (χ1v) is 7.96. The quantitative estimate of drug-likeness (QED) is 0.645. The zero-order valence-electron chi connectivity index (χ0n) is 14.1. The van der Waals surface area contributed by atoms with E-state index in [1.165, 1.54) is 0 Å². The normalized spacial score (nSPS) is 11.2. The van der Waals surface area contributed by atoms with Crippen molar-refractivity contribution >= 4 is 5.78 Å². The second kappa shape index (κ2) is 8.83. The van der Waals surface area contributed by atoms with E-state index in [-0.39, 0.29) is 5.78 Å². The third kappa shape index (κ3) is 5.88. The summed E-state index contributed by atoms with van der Waals surface area (Å²) in [6.07, 6.45) is 0.545. The summed E-state index contributed by atoms with van der Waals surface area (Å²) in [5.74, 6) is 1.34. The molecule has 0 saturated heterocycles. The summed E-state index contributed by atoms with van der Waals surface area (Å²) in [4.78, 5) is 14.8. The predicted molar refractivity (Wildman–Crippen MR) is 88.2 cm³/mol. The van der Waals surface area contributed by atoms with Gasteiger partial charge in [-0.05, 0) is 38.1 Å². The second-order valence-corrected chi connectivity index (χ2v) is 5.90. The fourth-order valence-corrected chi connectivity index (χ4v) is 2.18. The third-order valence-electron chi connectivity index (χ3n) is 3.56. The fourth-order valence-electron chi connectivity index (χ4n) is 2.18. The largest absolute Gasteiger partial charge is 0.493 e. The Hall–Kier alpha value is -1.35. The zero-order valence-corrected chi connectivity index (χ0v) is 14.1. The summed E-state index contributed by atoms with van der Waals surface area (Å²) >= 11 is 0. The molecule has 0 amide bonds. The molecule has 0 atom stereocenters. The Labute approximate surface area is 129 Å².